The van der Waals surface area contributed by atoms with Crippen molar-refractivity contribution in [3.05, 3.63) is 57.0 Å². The van der Waals surface area contributed by atoms with Crippen molar-refractivity contribution < 1.29 is 0 Å². The van der Waals surface area contributed by atoms with E-state index in [1.54, 1.807) is 0 Å². The van der Waals surface area contributed by atoms with E-state index in [-0.39, 0.29) is 0 Å². The number of hydrogen-bond donors (Lipinski definition) is 1. The first kappa shape index (κ1) is 13.9. The number of aromatic nitrogens is 3. The van der Waals surface area contributed by atoms with Gasteiger partial charge in [0, 0.05) is 23.5 Å². The van der Waals surface area contributed by atoms with Gasteiger partial charge in [0.1, 0.15) is 5.82 Å². The predicted molar refractivity (Wildman–Crippen MR) is 89.0 cm³/mol. The first-order valence-corrected chi connectivity index (χ1v) is 8.49. The molecule has 0 bridgehead atoms. The SMILES string of the molecule is Clc1ccccc1-c1n[nH]c(CN2CCc3sccc3C2)n1. The molecule has 22 heavy (non-hydrogen) atoms. The number of H-pyrrole nitrogens is 1. The summed E-state index contributed by atoms with van der Waals surface area (Å²) in [6, 6.07) is 9.87. The molecule has 1 aliphatic heterocycles. The third-order valence-corrected chi connectivity index (χ3v) is 5.26. The van der Waals surface area contributed by atoms with E-state index in [1.165, 1.54) is 10.4 Å². The molecule has 0 radical (unpaired) electrons. The maximum Gasteiger partial charge on any atom is 0.182 e. The highest BCUT2D eigenvalue weighted by Gasteiger charge is 2.18. The van der Waals surface area contributed by atoms with Gasteiger partial charge in [-0.2, -0.15) is 5.10 Å². The number of nitrogens with zero attached hydrogens (tertiary/aromatic N) is 3. The van der Waals surface area contributed by atoms with E-state index in [0.717, 1.165) is 37.4 Å². The van der Waals surface area contributed by atoms with Crippen molar-refractivity contribution in [1.29, 1.82) is 0 Å². The lowest BCUT2D eigenvalue weighted by atomic mass is 10.1. The minimum absolute atomic E-state index is 0.661. The van der Waals surface area contributed by atoms with Crippen LogP contribution in [-0.2, 0) is 19.5 Å². The Morgan fingerprint density at radius 1 is 1.27 bits per heavy atom. The fourth-order valence-corrected chi connectivity index (χ4v) is 3.89. The third-order valence-electron chi connectivity index (χ3n) is 3.91. The fourth-order valence-electron chi connectivity index (χ4n) is 2.78. The van der Waals surface area contributed by atoms with Crippen LogP contribution in [0.15, 0.2) is 35.7 Å². The van der Waals surface area contributed by atoms with Crippen LogP contribution in [0.4, 0.5) is 0 Å². The first-order chi connectivity index (χ1) is 10.8. The average Bonchev–Trinajstić information content (AvgIpc) is 3.16. The number of aromatic amines is 1. The van der Waals surface area contributed by atoms with Gasteiger partial charge in [-0.1, -0.05) is 23.7 Å². The van der Waals surface area contributed by atoms with E-state index in [9.17, 15) is 0 Å². The van der Waals surface area contributed by atoms with Gasteiger partial charge < -0.3 is 0 Å². The molecule has 2 aromatic heterocycles. The topological polar surface area (TPSA) is 44.8 Å². The number of halogens is 1. The lowest BCUT2D eigenvalue weighted by Crippen LogP contribution is -2.29. The van der Waals surface area contributed by atoms with Crippen molar-refractivity contribution in [3.63, 3.8) is 0 Å². The highest BCUT2D eigenvalue weighted by molar-refractivity contribution is 7.10. The molecular formula is C16H15ClN4S. The van der Waals surface area contributed by atoms with E-state index >= 15 is 0 Å². The Kier molecular flexibility index (Phi) is 3.70. The van der Waals surface area contributed by atoms with Crippen LogP contribution in [-0.4, -0.2) is 26.6 Å². The Morgan fingerprint density at radius 3 is 3.09 bits per heavy atom. The molecule has 1 aromatic carbocycles. The zero-order valence-corrected chi connectivity index (χ0v) is 13.5. The van der Waals surface area contributed by atoms with Gasteiger partial charge in [-0.25, -0.2) is 4.98 Å². The smallest absolute Gasteiger partial charge is 0.182 e. The van der Waals surface area contributed by atoms with Crippen molar-refractivity contribution in [1.82, 2.24) is 20.1 Å². The van der Waals surface area contributed by atoms with Crippen LogP contribution in [0.25, 0.3) is 11.4 Å². The fraction of sp³-hybridized carbons (Fsp3) is 0.250. The van der Waals surface area contributed by atoms with Gasteiger partial charge in [0.25, 0.3) is 0 Å². The van der Waals surface area contributed by atoms with Gasteiger partial charge in [0.15, 0.2) is 5.82 Å². The summed E-state index contributed by atoms with van der Waals surface area (Å²) in [6.45, 7) is 2.84. The summed E-state index contributed by atoms with van der Waals surface area (Å²) in [7, 11) is 0. The van der Waals surface area contributed by atoms with Crippen LogP contribution in [0, 0.1) is 0 Å². The maximum absolute atomic E-state index is 6.20. The predicted octanol–water partition coefficient (Wildman–Crippen LogP) is 3.74. The minimum Gasteiger partial charge on any atom is -0.291 e. The largest absolute Gasteiger partial charge is 0.291 e. The molecule has 1 aliphatic rings. The molecule has 0 aliphatic carbocycles. The van der Waals surface area contributed by atoms with Crippen molar-refractivity contribution in [2.24, 2.45) is 0 Å². The molecule has 0 amide bonds. The van der Waals surface area contributed by atoms with Crippen LogP contribution in [0.5, 0.6) is 0 Å². The summed E-state index contributed by atoms with van der Waals surface area (Å²) in [5.41, 5.74) is 2.31. The highest BCUT2D eigenvalue weighted by atomic mass is 35.5. The lowest BCUT2D eigenvalue weighted by molar-refractivity contribution is 0.241. The Morgan fingerprint density at radius 2 is 2.18 bits per heavy atom. The van der Waals surface area contributed by atoms with Gasteiger partial charge in [-0.15, -0.1) is 11.3 Å². The molecule has 0 atom stereocenters. The van der Waals surface area contributed by atoms with Gasteiger partial charge in [-0.3, -0.25) is 10.00 Å². The summed E-state index contributed by atoms with van der Waals surface area (Å²) >= 11 is 8.06. The first-order valence-electron chi connectivity index (χ1n) is 7.23. The maximum atomic E-state index is 6.20. The highest BCUT2D eigenvalue weighted by Crippen LogP contribution is 2.26. The summed E-state index contributed by atoms with van der Waals surface area (Å²) in [4.78, 5) is 8.50. The number of hydrogen-bond acceptors (Lipinski definition) is 4. The summed E-state index contributed by atoms with van der Waals surface area (Å²) in [5.74, 6) is 1.54. The molecule has 0 spiro atoms. The number of nitrogens with one attached hydrogen (secondary N) is 1. The van der Waals surface area contributed by atoms with Gasteiger partial charge in [0.2, 0.25) is 0 Å². The molecule has 4 nitrogen and oxygen atoms in total. The van der Waals surface area contributed by atoms with E-state index in [4.69, 9.17) is 11.6 Å². The Balaban J connectivity index is 1.50. The molecule has 0 fully saturated rings. The van der Waals surface area contributed by atoms with Crippen LogP contribution in [0.1, 0.15) is 16.3 Å². The molecule has 6 heteroatoms. The Hall–Kier alpha value is -1.69. The zero-order valence-electron chi connectivity index (χ0n) is 11.9. The van der Waals surface area contributed by atoms with Gasteiger partial charge in [-0.05, 0) is 35.6 Å². The lowest BCUT2D eigenvalue weighted by Gasteiger charge is -2.25. The molecule has 112 valence electrons. The van der Waals surface area contributed by atoms with Crippen LogP contribution in [0.2, 0.25) is 5.02 Å². The zero-order chi connectivity index (χ0) is 14.9. The summed E-state index contributed by atoms with van der Waals surface area (Å²) in [6.07, 6.45) is 1.12. The molecule has 1 N–H and O–H groups in total. The second-order valence-electron chi connectivity index (χ2n) is 5.42. The van der Waals surface area contributed by atoms with E-state index in [2.05, 4.69) is 31.5 Å². The molecular weight excluding hydrogens is 316 g/mol. The summed E-state index contributed by atoms with van der Waals surface area (Å²) < 4.78 is 0. The summed E-state index contributed by atoms with van der Waals surface area (Å²) in [5, 5.41) is 10.2. The normalized spacial score (nSPS) is 15.0. The quantitative estimate of drug-likeness (QED) is 0.795. The third kappa shape index (κ3) is 2.67. The molecule has 3 aromatic rings. The molecule has 0 unspecified atom stereocenters. The Labute approximate surface area is 137 Å². The van der Waals surface area contributed by atoms with E-state index in [0.29, 0.717) is 10.8 Å². The monoisotopic (exact) mass is 330 g/mol. The standard InChI is InChI=1S/C16H15ClN4S/c17-13-4-2-1-3-12(13)16-18-15(19-20-16)10-21-7-5-14-11(9-21)6-8-22-14/h1-4,6,8H,5,7,9-10H2,(H,18,19,20). The van der Waals surface area contributed by atoms with Gasteiger partial charge in [0.05, 0.1) is 11.6 Å². The molecule has 0 saturated heterocycles. The van der Waals surface area contributed by atoms with Crippen LogP contribution >= 0.6 is 22.9 Å². The molecule has 4 rings (SSSR count). The van der Waals surface area contributed by atoms with Crippen LogP contribution in [0.3, 0.4) is 0 Å². The number of benzene rings is 1. The van der Waals surface area contributed by atoms with Gasteiger partial charge >= 0.3 is 0 Å². The molecule has 3 heterocycles. The minimum atomic E-state index is 0.661. The number of rotatable bonds is 3. The van der Waals surface area contributed by atoms with Crippen molar-refractivity contribution >= 4 is 22.9 Å². The van der Waals surface area contributed by atoms with E-state index < -0.39 is 0 Å². The molecule has 0 saturated carbocycles. The second-order valence-corrected chi connectivity index (χ2v) is 6.82. The number of fused-ring (bicyclic) bond motifs is 1. The second kappa shape index (κ2) is 5.83. The number of thiophene rings is 1. The average molecular weight is 331 g/mol. The Bertz CT molecular complexity index is 795. The van der Waals surface area contributed by atoms with E-state index in [1.807, 2.05) is 35.6 Å². The van der Waals surface area contributed by atoms with Crippen LogP contribution < -0.4 is 0 Å². The van der Waals surface area contributed by atoms with Crippen molar-refractivity contribution in [3.8, 4) is 11.4 Å². The van der Waals surface area contributed by atoms with Crippen molar-refractivity contribution in [2.45, 2.75) is 19.5 Å². The van der Waals surface area contributed by atoms with Crippen molar-refractivity contribution in [2.75, 3.05) is 6.54 Å².